The summed E-state index contributed by atoms with van der Waals surface area (Å²) in [6.45, 7) is 0. The van der Waals surface area contributed by atoms with Gasteiger partial charge in [-0.1, -0.05) is 72.8 Å². The van der Waals surface area contributed by atoms with Gasteiger partial charge in [-0.3, -0.25) is 10.1 Å². The van der Waals surface area contributed by atoms with E-state index in [1.165, 1.54) is 6.07 Å². The molecule has 26 heavy (non-hydrogen) atoms. The first-order valence-electron chi connectivity index (χ1n) is 8.18. The Hall–Kier alpha value is -3.73. The van der Waals surface area contributed by atoms with E-state index < -0.39 is 0 Å². The molecule has 4 rings (SSSR count). The lowest BCUT2D eigenvalue weighted by Gasteiger charge is -2.02. The number of benzene rings is 3. The van der Waals surface area contributed by atoms with E-state index in [-0.39, 0.29) is 10.6 Å². The van der Waals surface area contributed by atoms with Gasteiger partial charge in [0.1, 0.15) is 5.82 Å². The van der Waals surface area contributed by atoms with Crippen molar-refractivity contribution in [2.24, 2.45) is 0 Å². The monoisotopic (exact) mass is 341 g/mol. The molecule has 3 aromatic carbocycles. The number of hydrogen-bond acceptors (Lipinski definition) is 3. The van der Waals surface area contributed by atoms with Gasteiger partial charge < -0.3 is 4.98 Å². The Morgan fingerprint density at radius 1 is 0.769 bits per heavy atom. The van der Waals surface area contributed by atoms with Gasteiger partial charge in [-0.15, -0.1) is 0 Å². The molecule has 0 aliphatic carbocycles. The molecule has 0 spiro atoms. The molecule has 0 atom stereocenters. The van der Waals surface area contributed by atoms with E-state index in [0.717, 1.165) is 22.5 Å². The number of para-hydroxylation sites is 1. The number of nitro benzene ring substituents is 1. The maximum atomic E-state index is 11.4. The fraction of sp³-hybridized carbons (Fsp3) is 0. The highest BCUT2D eigenvalue weighted by Gasteiger charge is 2.20. The van der Waals surface area contributed by atoms with Crippen LogP contribution >= 0.6 is 0 Å². The smallest absolute Gasteiger partial charge is 0.280 e. The zero-order chi connectivity index (χ0) is 17.9. The average Bonchev–Trinajstić information content (AvgIpc) is 3.15. The molecule has 0 amide bonds. The first-order chi connectivity index (χ1) is 12.7. The van der Waals surface area contributed by atoms with Crippen LogP contribution in [-0.4, -0.2) is 14.9 Å². The van der Waals surface area contributed by atoms with Crippen molar-refractivity contribution in [3.05, 3.63) is 95.0 Å². The molecule has 0 saturated heterocycles. The third-order valence-corrected chi connectivity index (χ3v) is 4.17. The van der Waals surface area contributed by atoms with Crippen LogP contribution in [0.2, 0.25) is 0 Å². The Kier molecular flexibility index (Phi) is 4.03. The second-order valence-electron chi connectivity index (χ2n) is 5.82. The summed E-state index contributed by atoms with van der Waals surface area (Å²) in [5.41, 5.74) is 4.03. The summed E-state index contributed by atoms with van der Waals surface area (Å²) in [5, 5.41) is 11.4. The second-order valence-corrected chi connectivity index (χ2v) is 5.82. The van der Waals surface area contributed by atoms with E-state index in [9.17, 15) is 10.1 Å². The Labute approximate surface area is 150 Å². The summed E-state index contributed by atoms with van der Waals surface area (Å²) >= 11 is 0. The molecular formula is C21H15N3O2. The van der Waals surface area contributed by atoms with Crippen molar-refractivity contribution in [1.82, 2.24) is 9.97 Å². The predicted molar refractivity (Wildman–Crippen MR) is 102 cm³/mol. The molecule has 126 valence electrons. The van der Waals surface area contributed by atoms with Crippen LogP contribution in [0.4, 0.5) is 5.69 Å². The summed E-state index contributed by atoms with van der Waals surface area (Å²) in [7, 11) is 0. The summed E-state index contributed by atoms with van der Waals surface area (Å²) in [6.07, 6.45) is 0. The van der Waals surface area contributed by atoms with Gasteiger partial charge in [0, 0.05) is 17.2 Å². The Balaban J connectivity index is 1.94. The molecule has 0 aliphatic heterocycles. The third-order valence-electron chi connectivity index (χ3n) is 4.17. The molecular weight excluding hydrogens is 326 g/mol. The van der Waals surface area contributed by atoms with Gasteiger partial charge in [-0.05, 0) is 6.07 Å². The Morgan fingerprint density at radius 3 is 2.00 bits per heavy atom. The fourth-order valence-electron chi connectivity index (χ4n) is 2.95. The lowest BCUT2D eigenvalue weighted by molar-refractivity contribution is -0.384. The lowest BCUT2D eigenvalue weighted by atomic mass is 10.1. The maximum Gasteiger partial charge on any atom is 0.280 e. The van der Waals surface area contributed by atoms with Crippen molar-refractivity contribution in [1.29, 1.82) is 0 Å². The van der Waals surface area contributed by atoms with Crippen LogP contribution in [0.3, 0.4) is 0 Å². The van der Waals surface area contributed by atoms with Gasteiger partial charge in [0.2, 0.25) is 0 Å². The highest BCUT2D eigenvalue weighted by molar-refractivity contribution is 5.82. The summed E-state index contributed by atoms with van der Waals surface area (Å²) in [4.78, 5) is 19.0. The van der Waals surface area contributed by atoms with Crippen LogP contribution in [0.25, 0.3) is 33.9 Å². The van der Waals surface area contributed by atoms with Crippen molar-refractivity contribution in [3.8, 4) is 33.9 Å². The summed E-state index contributed by atoms with van der Waals surface area (Å²) in [5.74, 6) is 0.481. The zero-order valence-corrected chi connectivity index (χ0v) is 13.8. The van der Waals surface area contributed by atoms with E-state index in [1.54, 1.807) is 18.2 Å². The number of nitrogens with zero attached hydrogens (tertiary/aromatic N) is 2. The topological polar surface area (TPSA) is 71.8 Å². The summed E-state index contributed by atoms with van der Waals surface area (Å²) in [6, 6.07) is 26.3. The van der Waals surface area contributed by atoms with Crippen molar-refractivity contribution < 1.29 is 4.92 Å². The predicted octanol–water partition coefficient (Wildman–Crippen LogP) is 5.32. The molecule has 4 aromatic rings. The number of nitro groups is 1. The standard InChI is InChI=1S/C21H15N3O2/c25-24(26)18-14-8-7-13-17(18)21-22-19(15-9-3-1-4-10-15)20(23-21)16-11-5-2-6-12-16/h1-14H,(H,22,23). The number of aromatic amines is 1. The molecule has 0 saturated carbocycles. The first kappa shape index (κ1) is 15.8. The van der Waals surface area contributed by atoms with Crippen LogP contribution in [-0.2, 0) is 0 Å². The minimum absolute atomic E-state index is 0.0282. The van der Waals surface area contributed by atoms with Crippen molar-refractivity contribution in [3.63, 3.8) is 0 Å². The molecule has 0 unspecified atom stereocenters. The molecule has 1 aromatic heterocycles. The molecule has 0 fully saturated rings. The van der Waals surface area contributed by atoms with E-state index in [1.807, 2.05) is 60.7 Å². The number of imidazole rings is 1. The Morgan fingerprint density at radius 2 is 1.35 bits per heavy atom. The van der Waals surface area contributed by atoms with Crippen LogP contribution in [0, 0.1) is 10.1 Å². The van der Waals surface area contributed by atoms with Gasteiger partial charge in [-0.25, -0.2) is 4.98 Å². The number of nitrogens with one attached hydrogen (secondary N) is 1. The van der Waals surface area contributed by atoms with Gasteiger partial charge in [0.05, 0.1) is 21.9 Å². The molecule has 5 heteroatoms. The molecule has 1 heterocycles. The quantitative estimate of drug-likeness (QED) is 0.403. The SMILES string of the molecule is O=[N+]([O-])c1ccccc1-c1nc(-c2ccccc2)c(-c2ccccc2)[nH]1. The number of rotatable bonds is 4. The maximum absolute atomic E-state index is 11.4. The minimum atomic E-state index is -0.387. The molecule has 0 bridgehead atoms. The van der Waals surface area contributed by atoms with Crippen molar-refractivity contribution in [2.75, 3.05) is 0 Å². The van der Waals surface area contributed by atoms with Crippen LogP contribution < -0.4 is 0 Å². The third kappa shape index (κ3) is 2.86. The van der Waals surface area contributed by atoms with Gasteiger partial charge >= 0.3 is 0 Å². The van der Waals surface area contributed by atoms with Gasteiger partial charge in [0.25, 0.3) is 5.69 Å². The number of hydrogen-bond donors (Lipinski definition) is 1. The zero-order valence-electron chi connectivity index (χ0n) is 13.8. The lowest BCUT2D eigenvalue weighted by Crippen LogP contribution is -1.92. The first-order valence-corrected chi connectivity index (χ1v) is 8.18. The minimum Gasteiger partial charge on any atom is -0.337 e. The molecule has 0 aliphatic rings. The van der Waals surface area contributed by atoms with E-state index in [2.05, 4.69) is 4.98 Å². The molecule has 5 nitrogen and oxygen atoms in total. The van der Waals surface area contributed by atoms with Crippen LogP contribution in [0.15, 0.2) is 84.9 Å². The second kappa shape index (κ2) is 6.64. The summed E-state index contributed by atoms with van der Waals surface area (Å²) < 4.78 is 0. The van der Waals surface area contributed by atoms with Crippen molar-refractivity contribution >= 4 is 5.69 Å². The number of aromatic nitrogens is 2. The number of H-pyrrole nitrogens is 1. The normalized spacial score (nSPS) is 10.6. The van der Waals surface area contributed by atoms with E-state index in [0.29, 0.717) is 11.4 Å². The van der Waals surface area contributed by atoms with E-state index in [4.69, 9.17) is 4.98 Å². The van der Waals surface area contributed by atoms with Crippen LogP contribution in [0.1, 0.15) is 0 Å². The van der Waals surface area contributed by atoms with Crippen molar-refractivity contribution in [2.45, 2.75) is 0 Å². The fourth-order valence-corrected chi connectivity index (χ4v) is 2.95. The van der Waals surface area contributed by atoms with E-state index >= 15 is 0 Å². The largest absolute Gasteiger partial charge is 0.337 e. The van der Waals surface area contributed by atoms with Gasteiger partial charge in [0.15, 0.2) is 0 Å². The average molecular weight is 341 g/mol. The highest BCUT2D eigenvalue weighted by atomic mass is 16.6. The Bertz CT molecular complexity index is 1000. The van der Waals surface area contributed by atoms with Crippen LogP contribution in [0.5, 0.6) is 0 Å². The van der Waals surface area contributed by atoms with Gasteiger partial charge in [-0.2, -0.15) is 0 Å². The molecule has 1 N–H and O–H groups in total. The molecule has 0 radical (unpaired) electrons. The highest BCUT2D eigenvalue weighted by Crippen LogP contribution is 2.35.